The number of fused-ring (bicyclic) bond motifs is 3. The van der Waals surface area contributed by atoms with Gasteiger partial charge in [0, 0.05) is 27.5 Å². The number of aryl methyl sites for hydroxylation is 1. The van der Waals surface area contributed by atoms with Gasteiger partial charge in [-0.3, -0.25) is 0 Å². The highest BCUT2D eigenvalue weighted by atomic mass is 19.1. The summed E-state index contributed by atoms with van der Waals surface area (Å²) in [5.41, 5.74) is 8.62. The number of rotatable bonds is 6. The maximum atomic E-state index is 15.4. The molecule has 0 saturated carbocycles. The Morgan fingerprint density at radius 2 is 1.00 bits per heavy atom. The van der Waals surface area contributed by atoms with Gasteiger partial charge in [-0.1, -0.05) is 127 Å². The highest BCUT2D eigenvalue weighted by Crippen LogP contribution is 2.40. The number of hydrogen-bond donors (Lipinski definition) is 0. The number of nitrogens with zero attached hydrogens (tertiary/aromatic N) is 4. The Labute approximate surface area is 299 Å². The van der Waals surface area contributed by atoms with E-state index in [1.54, 1.807) is 12.1 Å². The fourth-order valence-corrected chi connectivity index (χ4v) is 7.06. The number of para-hydroxylation sites is 1. The van der Waals surface area contributed by atoms with E-state index in [0.717, 1.165) is 49.7 Å². The maximum absolute atomic E-state index is 15.4. The van der Waals surface area contributed by atoms with Gasteiger partial charge in [0.15, 0.2) is 17.5 Å². The molecule has 0 N–H and O–H groups in total. The molecule has 52 heavy (non-hydrogen) atoms. The number of aromatic nitrogens is 4. The molecule has 0 atom stereocenters. The van der Waals surface area contributed by atoms with Crippen molar-refractivity contribution in [2.45, 2.75) is 6.92 Å². The summed E-state index contributed by atoms with van der Waals surface area (Å²) in [4.78, 5) is 15.0. The molecule has 0 radical (unpaired) electrons. The number of halogens is 2. The van der Waals surface area contributed by atoms with Gasteiger partial charge in [-0.15, -0.1) is 0 Å². The summed E-state index contributed by atoms with van der Waals surface area (Å²) in [6, 6.07) is 52.0. The zero-order chi connectivity index (χ0) is 35.2. The van der Waals surface area contributed by atoms with E-state index in [9.17, 15) is 0 Å². The molecule has 2 heterocycles. The van der Waals surface area contributed by atoms with Crippen molar-refractivity contribution in [3.8, 4) is 62.1 Å². The molecule has 0 bridgehead atoms. The van der Waals surface area contributed by atoms with Crippen LogP contribution in [0.5, 0.6) is 0 Å². The smallest absolute Gasteiger partial charge is 0.166 e. The van der Waals surface area contributed by atoms with Crippen molar-refractivity contribution >= 4 is 21.8 Å². The summed E-state index contributed by atoms with van der Waals surface area (Å²) in [5, 5.41) is 2.16. The minimum absolute atomic E-state index is 0.111. The second-order valence-corrected chi connectivity index (χ2v) is 12.8. The van der Waals surface area contributed by atoms with Gasteiger partial charge in [0.05, 0.1) is 22.3 Å². The first-order valence-electron chi connectivity index (χ1n) is 17.1. The molecule has 0 aliphatic heterocycles. The van der Waals surface area contributed by atoms with Crippen LogP contribution in [0.1, 0.15) is 5.56 Å². The van der Waals surface area contributed by atoms with Crippen LogP contribution < -0.4 is 0 Å². The molecule has 0 unspecified atom stereocenters. The minimum atomic E-state index is -0.649. The Morgan fingerprint density at radius 3 is 1.69 bits per heavy atom. The van der Waals surface area contributed by atoms with Crippen LogP contribution >= 0.6 is 0 Å². The summed E-state index contributed by atoms with van der Waals surface area (Å²) < 4.78 is 33.0. The van der Waals surface area contributed by atoms with Crippen molar-refractivity contribution in [3.63, 3.8) is 0 Å². The average Bonchev–Trinajstić information content (AvgIpc) is 3.52. The van der Waals surface area contributed by atoms with E-state index in [-0.39, 0.29) is 5.56 Å². The van der Waals surface area contributed by atoms with Crippen LogP contribution in [0.25, 0.3) is 83.9 Å². The molecule has 9 aromatic rings. The van der Waals surface area contributed by atoms with Crippen molar-refractivity contribution in [3.05, 3.63) is 181 Å². The lowest BCUT2D eigenvalue weighted by atomic mass is 9.99. The van der Waals surface area contributed by atoms with Crippen LogP contribution in [-0.2, 0) is 0 Å². The van der Waals surface area contributed by atoms with Crippen LogP contribution in [0.3, 0.4) is 0 Å². The van der Waals surface area contributed by atoms with Gasteiger partial charge >= 0.3 is 0 Å². The van der Waals surface area contributed by atoms with Gasteiger partial charge in [0.1, 0.15) is 11.6 Å². The third-order valence-corrected chi connectivity index (χ3v) is 9.56. The summed E-state index contributed by atoms with van der Waals surface area (Å²) in [5.74, 6) is 0.0548. The fraction of sp³-hybridized carbons (Fsp3) is 0.0217. The number of benzene rings is 7. The van der Waals surface area contributed by atoms with Crippen molar-refractivity contribution < 1.29 is 8.78 Å². The topological polar surface area (TPSA) is 43.6 Å². The zero-order valence-corrected chi connectivity index (χ0v) is 28.1. The predicted octanol–water partition coefficient (Wildman–Crippen LogP) is 11.9. The Hall–Kier alpha value is -6.79. The van der Waals surface area contributed by atoms with Gasteiger partial charge in [0.2, 0.25) is 0 Å². The maximum Gasteiger partial charge on any atom is 0.166 e. The van der Waals surface area contributed by atoms with E-state index in [0.29, 0.717) is 28.6 Å². The molecule has 6 heteroatoms. The van der Waals surface area contributed by atoms with E-state index in [2.05, 4.69) is 60.0 Å². The second-order valence-electron chi connectivity index (χ2n) is 12.8. The molecular formula is C46H30F2N4. The highest BCUT2D eigenvalue weighted by Gasteiger charge is 2.22. The summed E-state index contributed by atoms with van der Waals surface area (Å²) in [6.45, 7) is 2.11. The van der Waals surface area contributed by atoms with E-state index >= 15 is 8.78 Å². The lowest BCUT2D eigenvalue weighted by Gasteiger charge is -2.17. The quantitative estimate of drug-likeness (QED) is 0.176. The SMILES string of the molecule is Cc1ccccc1-c1ccc2c3ccccc3n(-c3ccc(-c4c(F)cccc4F)cc3-c3nc(-c4ccccc4)nc(-c4ccccc4)n3)c2c1. The third-order valence-electron chi connectivity index (χ3n) is 9.56. The standard InChI is InChI=1S/C46H30F2N4/c1-29-13-8-9-18-34(29)32-23-25-36-35-19-10-11-22-40(35)52(42(36)28-32)41-26-24-33(43-38(47)20-12-21-39(43)48)27-37(41)46-50-44(30-14-4-2-5-15-30)49-45(51-46)31-16-6-3-7-17-31/h2-28H,1H3. The van der Waals surface area contributed by atoms with Crippen LogP contribution in [0.2, 0.25) is 0 Å². The summed E-state index contributed by atoms with van der Waals surface area (Å²) in [7, 11) is 0. The van der Waals surface area contributed by atoms with E-state index in [1.807, 2.05) is 84.9 Å². The molecule has 7 aromatic carbocycles. The largest absolute Gasteiger partial charge is 0.308 e. The van der Waals surface area contributed by atoms with Gasteiger partial charge in [-0.2, -0.15) is 0 Å². The molecule has 4 nitrogen and oxygen atoms in total. The lowest BCUT2D eigenvalue weighted by Crippen LogP contribution is -2.04. The first-order valence-corrected chi connectivity index (χ1v) is 17.1. The van der Waals surface area contributed by atoms with Crippen LogP contribution in [0.15, 0.2) is 164 Å². The van der Waals surface area contributed by atoms with Crippen molar-refractivity contribution in [2.75, 3.05) is 0 Å². The Bertz CT molecular complexity index is 2700. The van der Waals surface area contributed by atoms with Gasteiger partial charge < -0.3 is 4.57 Å². The molecule has 0 amide bonds. The Morgan fingerprint density at radius 1 is 0.423 bits per heavy atom. The molecule has 0 fully saturated rings. The molecule has 0 saturated heterocycles. The van der Waals surface area contributed by atoms with Crippen molar-refractivity contribution in [2.24, 2.45) is 0 Å². The van der Waals surface area contributed by atoms with E-state index in [4.69, 9.17) is 15.0 Å². The molecule has 9 rings (SSSR count). The van der Waals surface area contributed by atoms with Gasteiger partial charge in [-0.05, 0) is 65.6 Å². The molecule has 0 spiro atoms. The Balaban J connectivity index is 1.38. The number of hydrogen-bond acceptors (Lipinski definition) is 3. The molecule has 0 aliphatic carbocycles. The minimum Gasteiger partial charge on any atom is -0.308 e. The third kappa shape index (κ3) is 5.42. The molecule has 248 valence electrons. The second kappa shape index (κ2) is 12.8. The van der Waals surface area contributed by atoms with Crippen LogP contribution in [-0.4, -0.2) is 19.5 Å². The zero-order valence-electron chi connectivity index (χ0n) is 28.1. The molecule has 0 aliphatic rings. The average molecular weight is 677 g/mol. The normalized spacial score (nSPS) is 11.4. The highest BCUT2D eigenvalue weighted by molar-refractivity contribution is 6.10. The first-order chi connectivity index (χ1) is 25.5. The van der Waals surface area contributed by atoms with Crippen molar-refractivity contribution in [1.82, 2.24) is 19.5 Å². The lowest BCUT2D eigenvalue weighted by molar-refractivity contribution is 0.589. The van der Waals surface area contributed by atoms with E-state index in [1.165, 1.54) is 23.8 Å². The van der Waals surface area contributed by atoms with Gasteiger partial charge in [-0.25, -0.2) is 23.7 Å². The van der Waals surface area contributed by atoms with Crippen LogP contribution in [0, 0.1) is 18.6 Å². The predicted molar refractivity (Wildman–Crippen MR) is 206 cm³/mol. The van der Waals surface area contributed by atoms with Gasteiger partial charge in [0.25, 0.3) is 0 Å². The molecular weight excluding hydrogens is 647 g/mol. The Kier molecular flexibility index (Phi) is 7.70. The van der Waals surface area contributed by atoms with Crippen molar-refractivity contribution in [1.29, 1.82) is 0 Å². The van der Waals surface area contributed by atoms with E-state index < -0.39 is 11.6 Å². The molecule has 2 aromatic heterocycles. The van der Waals surface area contributed by atoms with Crippen LogP contribution in [0.4, 0.5) is 8.78 Å². The fourth-order valence-electron chi connectivity index (χ4n) is 7.06. The monoisotopic (exact) mass is 676 g/mol. The summed E-state index contributed by atoms with van der Waals surface area (Å²) in [6.07, 6.45) is 0. The first kappa shape index (κ1) is 31.2. The summed E-state index contributed by atoms with van der Waals surface area (Å²) >= 11 is 0.